The van der Waals surface area contributed by atoms with E-state index in [2.05, 4.69) is 4.98 Å². The number of aromatic nitrogens is 1. The molecule has 0 amide bonds. The molecule has 0 aliphatic carbocycles. The highest BCUT2D eigenvalue weighted by Crippen LogP contribution is 2.11. The lowest BCUT2D eigenvalue weighted by Crippen LogP contribution is -2.28. The van der Waals surface area contributed by atoms with Crippen molar-refractivity contribution >= 4 is 17.0 Å². The van der Waals surface area contributed by atoms with Gasteiger partial charge in [0, 0.05) is 6.20 Å². The van der Waals surface area contributed by atoms with Crippen LogP contribution in [0.4, 0.5) is 5.69 Å². The zero-order valence-electron chi connectivity index (χ0n) is 6.83. The van der Waals surface area contributed by atoms with Crippen LogP contribution in [0.5, 0.6) is 0 Å². The molecule has 1 atom stereocenters. The SMILES string of the molecule is O=S(O)N(CCO)c1cccnc1. The van der Waals surface area contributed by atoms with E-state index in [1.165, 1.54) is 6.20 Å². The summed E-state index contributed by atoms with van der Waals surface area (Å²) in [5.41, 5.74) is 0.511. The number of pyridine rings is 1. The summed E-state index contributed by atoms with van der Waals surface area (Å²) in [5.74, 6) is 0. The van der Waals surface area contributed by atoms with Gasteiger partial charge in [0.2, 0.25) is 0 Å². The largest absolute Gasteiger partial charge is 0.394 e. The fourth-order valence-corrected chi connectivity index (χ4v) is 1.42. The molecule has 13 heavy (non-hydrogen) atoms. The van der Waals surface area contributed by atoms with E-state index in [9.17, 15) is 4.21 Å². The molecule has 2 N–H and O–H groups in total. The summed E-state index contributed by atoms with van der Waals surface area (Å²) < 4.78 is 20.8. The van der Waals surface area contributed by atoms with Crippen LogP contribution in [0.2, 0.25) is 0 Å². The van der Waals surface area contributed by atoms with Crippen molar-refractivity contribution < 1.29 is 13.9 Å². The molecule has 0 aliphatic heterocycles. The normalized spacial score (nSPS) is 12.5. The highest BCUT2D eigenvalue weighted by molar-refractivity contribution is 7.80. The predicted molar refractivity (Wildman–Crippen MR) is 49.4 cm³/mol. The molecule has 1 aromatic rings. The van der Waals surface area contributed by atoms with Gasteiger partial charge in [0.1, 0.15) is 0 Å². The Morgan fingerprint density at radius 1 is 1.62 bits per heavy atom. The Bertz CT molecular complexity index is 280. The predicted octanol–water partition coefficient (Wildman–Crippen LogP) is 0.0170. The second-order valence-electron chi connectivity index (χ2n) is 2.27. The molecule has 6 heteroatoms. The van der Waals surface area contributed by atoms with E-state index in [4.69, 9.17) is 9.66 Å². The molecule has 0 fully saturated rings. The number of hydrogen-bond acceptors (Lipinski definition) is 3. The molecule has 0 aromatic carbocycles. The molecule has 0 bridgehead atoms. The van der Waals surface area contributed by atoms with E-state index >= 15 is 0 Å². The third-order valence-electron chi connectivity index (χ3n) is 1.43. The molecule has 0 radical (unpaired) electrons. The van der Waals surface area contributed by atoms with Crippen molar-refractivity contribution in [3.05, 3.63) is 24.5 Å². The lowest BCUT2D eigenvalue weighted by Gasteiger charge is -2.17. The van der Waals surface area contributed by atoms with Crippen molar-refractivity contribution in [2.45, 2.75) is 0 Å². The Kier molecular flexibility index (Phi) is 3.81. The molecular weight excluding hydrogens is 192 g/mol. The van der Waals surface area contributed by atoms with Crippen LogP contribution in [0.15, 0.2) is 24.5 Å². The van der Waals surface area contributed by atoms with Crippen molar-refractivity contribution in [2.24, 2.45) is 0 Å². The van der Waals surface area contributed by atoms with Gasteiger partial charge in [-0.15, -0.1) is 0 Å². The summed E-state index contributed by atoms with van der Waals surface area (Å²) >= 11 is -2.12. The highest BCUT2D eigenvalue weighted by atomic mass is 32.2. The van der Waals surface area contributed by atoms with Gasteiger partial charge in [0.15, 0.2) is 0 Å². The minimum atomic E-state index is -2.12. The smallest absolute Gasteiger partial charge is 0.261 e. The number of nitrogens with zero attached hydrogens (tertiary/aromatic N) is 2. The van der Waals surface area contributed by atoms with Gasteiger partial charge >= 0.3 is 0 Å². The maximum Gasteiger partial charge on any atom is 0.261 e. The van der Waals surface area contributed by atoms with E-state index in [0.29, 0.717) is 5.69 Å². The maximum absolute atomic E-state index is 10.8. The van der Waals surface area contributed by atoms with Crippen molar-refractivity contribution in [3.63, 3.8) is 0 Å². The van der Waals surface area contributed by atoms with Crippen molar-refractivity contribution in [3.8, 4) is 0 Å². The molecular formula is C7H10N2O3S. The zero-order valence-corrected chi connectivity index (χ0v) is 7.65. The van der Waals surface area contributed by atoms with Gasteiger partial charge in [-0.2, -0.15) is 0 Å². The number of anilines is 1. The van der Waals surface area contributed by atoms with Crippen LogP contribution in [0.25, 0.3) is 0 Å². The van der Waals surface area contributed by atoms with Crippen molar-refractivity contribution in [2.75, 3.05) is 17.5 Å². The van der Waals surface area contributed by atoms with Crippen LogP contribution in [-0.2, 0) is 11.3 Å². The summed E-state index contributed by atoms with van der Waals surface area (Å²) in [4.78, 5) is 3.80. The summed E-state index contributed by atoms with van der Waals surface area (Å²) in [6.45, 7) is -0.0734. The molecule has 72 valence electrons. The first-order valence-electron chi connectivity index (χ1n) is 3.65. The molecule has 0 aliphatic rings. The van der Waals surface area contributed by atoms with Crippen LogP contribution in [0, 0.1) is 0 Å². The molecule has 0 spiro atoms. The molecule has 0 saturated heterocycles. The third kappa shape index (κ3) is 2.76. The molecule has 1 heterocycles. The number of aliphatic hydroxyl groups is 1. The van der Waals surface area contributed by atoms with Gasteiger partial charge in [-0.3, -0.25) is 13.8 Å². The average molecular weight is 202 g/mol. The minimum absolute atomic E-state index is 0.106. The summed E-state index contributed by atoms with van der Waals surface area (Å²) in [5, 5.41) is 8.64. The van der Waals surface area contributed by atoms with Crippen LogP contribution >= 0.6 is 0 Å². The second-order valence-corrected chi connectivity index (χ2v) is 3.17. The quantitative estimate of drug-likeness (QED) is 0.675. The third-order valence-corrected chi connectivity index (χ3v) is 2.20. The van der Waals surface area contributed by atoms with Crippen molar-refractivity contribution in [1.82, 2.24) is 4.98 Å². The number of hydrogen-bond donors (Lipinski definition) is 2. The Hall–Kier alpha value is -0.980. The Labute approximate surface area is 78.4 Å². The molecule has 5 nitrogen and oxygen atoms in total. The van der Waals surface area contributed by atoms with E-state index in [-0.39, 0.29) is 13.2 Å². The first-order valence-corrected chi connectivity index (χ1v) is 4.71. The minimum Gasteiger partial charge on any atom is -0.394 e. The maximum atomic E-state index is 10.8. The fraction of sp³-hybridized carbons (Fsp3) is 0.286. The fourth-order valence-electron chi connectivity index (χ4n) is 0.889. The summed E-state index contributed by atoms with van der Waals surface area (Å²) in [6.07, 6.45) is 3.03. The lowest BCUT2D eigenvalue weighted by molar-refractivity contribution is 0.306. The average Bonchev–Trinajstić information content (AvgIpc) is 2.15. The van der Waals surface area contributed by atoms with Gasteiger partial charge in [-0.05, 0) is 12.1 Å². The standard InChI is InChI=1S/C7H10N2O3S/c10-5-4-9(13(11)12)7-2-1-3-8-6-7/h1-3,6,10H,4-5H2,(H,11,12). The molecule has 0 saturated carbocycles. The van der Waals surface area contributed by atoms with Crippen molar-refractivity contribution in [1.29, 1.82) is 0 Å². The van der Waals surface area contributed by atoms with Crippen LogP contribution in [0.3, 0.4) is 0 Å². The van der Waals surface area contributed by atoms with Crippen LogP contribution < -0.4 is 4.31 Å². The Balaban J connectivity index is 2.82. The van der Waals surface area contributed by atoms with Crippen LogP contribution in [-0.4, -0.2) is 32.0 Å². The highest BCUT2D eigenvalue weighted by Gasteiger charge is 2.10. The second kappa shape index (κ2) is 4.90. The monoisotopic (exact) mass is 202 g/mol. The first kappa shape index (κ1) is 10.1. The molecule has 1 rings (SSSR count). The van der Waals surface area contributed by atoms with Gasteiger partial charge in [0.05, 0.1) is 25.0 Å². The Morgan fingerprint density at radius 3 is 2.85 bits per heavy atom. The van der Waals surface area contributed by atoms with Crippen LogP contribution in [0.1, 0.15) is 0 Å². The van der Waals surface area contributed by atoms with Gasteiger partial charge < -0.3 is 5.11 Å². The van der Waals surface area contributed by atoms with E-state index in [1.54, 1.807) is 18.3 Å². The lowest BCUT2D eigenvalue weighted by atomic mass is 10.4. The van der Waals surface area contributed by atoms with Gasteiger partial charge in [0.25, 0.3) is 11.3 Å². The molecule has 1 aromatic heterocycles. The van der Waals surface area contributed by atoms with Gasteiger partial charge in [-0.25, -0.2) is 4.21 Å². The zero-order chi connectivity index (χ0) is 9.68. The first-order chi connectivity index (χ1) is 6.25. The topological polar surface area (TPSA) is 73.7 Å². The van der Waals surface area contributed by atoms with E-state index in [1.807, 2.05) is 0 Å². The number of rotatable bonds is 4. The Morgan fingerprint density at radius 2 is 2.38 bits per heavy atom. The number of aliphatic hydroxyl groups excluding tert-OH is 1. The summed E-state index contributed by atoms with van der Waals surface area (Å²) in [6, 6.07) is 3.31. The van der Waals surface area contributed by atoms with Gasteiger partial charge in [-0.1, -0.05) is 0 Å². The summed E-state index contributed by atoms with van der Waals surface area (Å²) in [7, 11) is 0. The van der Waals surface area contributed by atoms with E-state index < -0.39 is 11.3 Å². The van der Waals surface area contributed by atoms with E-state index in [0.717, 1.165) is 4.31 Å². The molecule has 1 unspecified atom stereocenters.